The van der Waals surface area contributed by atoms with Gasteiger partial charge in [0.1, 0.15) is 11.5 Å². The van der Waals surface area contributed by atoms with Gasteiger partial charge in [0.25, 0.3) is 0 Å². The molecule has 4 rings (SSSR count). The highest BCUT2D eigenvalue weighted by atomic mass is 35.5. The number of halogens is 1. The van der Waals surface area contributed by atoms with Crippen LogP contribution in [-0.2, 0) is 11.2 Å². The second-order valence-corrected chi connectivity index (χ2v) is 7.22. The van der Waals surface area contributed by atoms with Crippen LogP contribution in [0.1, 0.15) is 56.1 Å². The molecule has 2 saturated carbocycles. The Balaban J connectivity index is 0.00000132. The van der Waals surface area contributed by atoms with Gasteiger partial charge in [-0.1, -0.05) is 13.0 Å². The van der Waals surface area contributed by atoms with Crippen LogP contribution in [-0.4, -0.2) is 10.9 Å². The molecule has 2 nitrogen and oxygen atoms in total. The number of Topliss-reactive ketones (excluding diaryl/α,β-unsaturated/α-hetero) is 1. The molecule has 1 aromatic carbocycles. The molecule has 3 aliphatic rings. The van der Waals surface area contributed by atoms with E-state index in [1.165, 1.54) is 17.5 Å². The molecule has 1 N–H and O–H groups in total. The number of hydrogen-bond donors (Lipinski definition) is 1. The van der Waals surface area contributed by atoms with Gasteiger partial charge in [0.15, 0.2) is 0 Å². The molecule has 0 bridgehead atoms. The Labute approximate surface area is 132 Å². The van der Waals surface area contributed by atoms with Crippen molar-refractivity contribution in [3.63, 3.8) is 0 Å². The lowest BCUT2D eigenvalue weighted by atomic mass is 9.55. The van der Waals surface area contributed by atoms with Crippen molar-refractivity contribution in [3.8, 4) is 5.75 Å². The van der Waals surface area contributed by atoms with Crippen LogP contribution < -0.4 is 0 Å². The number of carbonyl (C=O) groups is 1. The zero-order valence-corrected chi connectivity index (χ0v) is 13.3. The summed E-state index contributed by atoms with van der Waals surface area (Å²) in [6.45, 7) is 2.22. The number of carbonyl (C=O) groups excluding carboxylic acids is 1. The van der Waals surface area contributed by atoms with E-state index in [1.54, 1.807) is 0 Å². The van der Waals surface area contributed by atoms with Crippen molar-refractivity contribution in [2.75, 3.05) is 0 Å². The van der Waals surface area contributed by atoms with E-state index in [0.717, 1.165) is 32.1 Å². The van der Waals surface area contributed by atoms with Gasteiger partial charge in [0.2, 0.25) is 0 Å². The third-order valence-electron chi connectivity index (χ3n) is 6.42. The van der Waals surface area contributed by atoms with Crippen LogP contribution in [0.25, 0.3) is 0 Å². The highest BCUT2D eigenvalue weighted by Gasteiger charge is 2.54. The van der Waals surface area contributed by atoms with Gasteiger partial charge < -0.3 is 5.11 Å². The number of fused-ring (bicyclic) bond motifs is 5. The standard InChI is InChI=1S/C18H22O2.ClH/c1-18-9-8-14-13-5-3-12(19)10-11(13)2-4-15(14)16(18)6-7-17(18)20;/h3,5,10,14-16,19H,2,4,6-9H2,1H3;1H/t14-,15-,16+,18+;/m1./s1. The average molecular weight is 307 g/mol. The molecule has 3 heteroatoms. The van der Waals surface area contributed by atoms with E-state index in [4.69, 9.17) is 0 Å². The molecular weight excluding hydrogens is 284 g/mol. The predicted octanol–water partition coefficient (Wildman–Crippen LogP) is 4.24. The predicted molar refractivity (Wildman–Crippen MR) is 85.0 cm³/mol. The molecule has 3 aliphatic carbocycles. The van der Waals surface area contributed by atoms with Crippen LogP contribution in [0.15, 0.2) is 18.2 Å². The van der Waals surface area contributed by atoms with Crippen LogP contribution >= 0.6 is 12.4 Å². The fourth-order valence-electron chi connectivity index (χ4n) is 5.34. The molecule has 0 unspecified atom stereocenters. The molecule has 0 spiro atoms. The molecule has 0 heterocycles. The first-order valence-electron chi connectivity index (χ1n) is 7.95. The van der Waals surface area contributed by atoms with Crippen LogP contribution in [0.4, 0.5) is 0 Å². The van der Waals surface area contributed by atoms with Gasteiger partial charge in [0, 0.05) is 11.8 Å². The SMILES string of the molecule is C[C@]12CC[C@@H]3c4ccc(O)cc4CC[C@H]3[C@@H]1CCC2=O.Cl. The van der Waals surface area contributed by atoms with E-state index in [2.05, 4.69) is 13.0 Å². The molecule has 1 aromatic rings. The molecule has 21 heavy (non-hydrogen) atoms. The second-order valence-electron chi connectivity index (χ2n) is 7.22. The van der Waals surface area contributed by atoms with Crippen molar-refractivity contribution >= 4 is 18.2 Å². The number of ketones is 1. The van der Waals surface area contributed by atoms with Crippen LogP contribution in [0.3, 0.4) is 0 Å². The van der Waals surface area contributed by atoms with Gasteiger partial charge in [0.05, 0.1) is 0 Å². The number of aryl methyl sites for hydroxylation is 1. The van der Waals surface area contributed by atoms with Gasteiger partial charge in [-0.15, -0.1) is 12.4 Å². The smallest absolute Gasteiger partial charge is 0.139 e. The lowest BCUT2D eigenvalue weighted by molar-refractivity contribution is -0.129. The zero-order chi connectivity index (χ0) is 13.9. The molecule has 0 saturated heterocycles. The first-order chi connectivity index (χ1) is 9.59. The monoisotopic (exact) mass is 306 g/mol. The number of benzene rings is 1. The molecule has 114 valence electrons. The summed E-state index contributed by atoms with van der Waals surface area (Å²) in [6.07, 6.45) is 6.34. The van der Waals surface area contributed by atoms with Gasteiger partial charge >= 0.3 is 0 Å². The summed E-state index contributed by atoms with van der Waals surface area (Å²) in [7, 11) is 0. The lowest BCUT2D eigenvalue weighted by Gasteiger charge is -2.48. The van der Waals surface area contributed by atoms with Crippen LogP contribution in [0.2, 0.25) is 0 Å². The number of aromatic hydroxyl groups is 1. The minimum absolute atomic E-state index is 0. The fourth-order valence-corrected chi connectivity index (χ4v) is 5.34. The third-order valence-corrected chi connectivity index (χ3v) is 6.42. The van der Waals surface area contributed by atoms with Crippen molar-refractivity contribution in [1.82, 2.24) is 0 Å². The maximum absolute atomic E-state index is 12.3. The molecular formula is C18H23ClO2. The summed E-state index contributed by atoms with van der Waals surface area (Å²) in [5.41, 5.74) is 2.75. The first kappa shape index (κ1) is 14.9. The molecule has 0 aliphatic heterocycles. The molecule has 4 atom stereocenters. The average Bonchev–Trinajstić information content (AvgIpc) is 2.74. The normalized spacial score (nSPS) is 37.2. The van der Waals surface area contributed by atoms with Crippen molar-refractivity contribution < 1.29 is 9.90 Å². The Kier molecular flexibility index (Phi) is 3.56. The van der Waals surface area contributed by atoms with Gasteiger partial charge in [-0.25, -0.2) is 0 Å². The molecule has 0 aromatic heterocycles. The molecule has 2 fully saturated rings. The maximum Gasteiger partial charge on any atom is 0.139 e. The van der Waals surface area contributed by atoms with E-state index >= 15 is 0 Å². The summed E-state index contributed by atoms with van der Waals surface area (Å²) >= 11 is 0. The maximum atomic E-state index is 12.3. The van der Waals surface area contributed by atoms with E-state index in [1.807, 2.05) is 12.1 Å². The zero-order valence-electron chi connectivity index (χ0n) is 12.5. The number of phenols is 1. The molecule has 0 radical (unpaired) electrons. The van der Waals surface area contributed by atoms with Crippen molar-refractivity contribution in [2.24, 2.45) is 17.3 Å². The summed E-state index contributed by atoms with van der Waals surface area (Å²) < 4.78 is 0. The number of hydrogen-bond acceptors (Lipinski definition) is 2. The van der Waals surface area contributed by atoms with Gasteiger partial charge in [-0.2, -0.15) is 0 Å². The lowest BCUT2D eigenvalue weighted by Crippen LogP contribution is -2.42. The van der Waals surface area contributed by atoms with Crippen molar-refractivity contribution in [1.29, 1.82) is 0 Å². The summed E-state index contributed by atoms with van der Waals surface area (Å²) in [5, 5.41) is 9.67. The Morgan fingerprint density at radius 1 is 1.19 bits per heavy atom. The Bertz CT molecular complexity index is 583. The molecule has 0 amide bonds. The minimum Gasteiger partial charge on any atom is -0.508 e. The van der Waals surface area contributed by atoms with Crippen LogP contribution in [0.5, 0.6) is 5.75 Å². The quantitative estimate of drug-likeness (QED) is 0.778. The Morgan fingerprint density at radius 3 is 2.81 bits per heavy atom. The number of phenolic OH excluding ortho intramolecular Hbond substituents is 1. The van der Waals surface area contributed by atoms with Crippen LogP contribution in [0, 0.1) is 17.3 Å². The summed E-state index contributed by atoms with van der Waals surface area (Å²) in [4.78, 5) is 12.3. The Morgan fingerprint density at radius 2 is 2.00 bits per heavy atom. The number of rotatable bonds is 0. The first-order valence-corrected chi connectivity index (χ1v) is 7.95. The van der Waals surface area contributed by atoms with E-state index in [9.17, 15) is 9.90 Å². The van der Waals surface area contributed by atoms with Crippen molar-refractivity contribution in [2.45, 2.75) is 51.4 Å². The highest BCUT2D eigenvalue weighted by molar-refractivity contribution is 5.87. The van der Waals surface area contributed by atoms with E-state index in [-0.39, 0.29) is 17.8 Å². The second kappa shape index (κ2) is 5.01. The van der Waals surface area contributed by atoms with Crippen molar-refractivity contribution in [3.05, 3.63) is 29.3 Å². The summed E-state index contributed by atoms with van der Waals surface area (Å²) in [5.74, 6) is 2.78. The summed E-state index contributed by atoms with van der Waals surface area (Å²) in [6, 6.07) is 5.90. The van der Waals surface area contributed by atoms with Gasteiger partial charge in [-0.3, -0.25) is 4.79 Å². The minimum atomic E-state index is -0.0322. The van der Waals surface area contributed by atoms with Gasteiger partial charge in [-0.05, 0) is 73.1 Å². The van der Waals surface area contributed by atoms with E-state index in [0.29, 0.717) is 29.3 Å². The largest absolute Gasteiger partial charge is 0.508 e. The topological polar surface area (TPSA) is 37.3 Å². The Hall–Kier alpha value is -1.02. The highest BCUT2D eigenvalue weighted by Crippen LogP contribution is 2.59. The third kappa shape index (κ3) is 2.03. The fraction of sp³-hybridized carbons (Fsp3) is 0.611. The van der Waals surface area contributed by atoms with E-state index < -0.39 is 0 Å².